The number of nitrogens with one attached hydrogen (secondary N) is 1. The third kappa shape index (κ3) is 2.49. The van der Waals surface area contributed by atoms with Gasteiger partial charge in [-0.1, -0.05) is 0 Å². The quantitative estimate of drug-likeness (QED) is 0.852. The Bertz CT molecular complexity index is 547. The van der Waals surface area contributed by atoms with Crippen molar-refractivity contribution >= 4 is 5.91 Å². The SMILES string of the molecule is NC1C2CCOC2C1NC(=O)c1ccc(C(F)(F)F)nc1. The number of hydrogen-bond donors (Lipinski definition) is 2. The first-order valence-electron chi connectivity index (χ1n) is 6.59. The summed E-state index contributed by atoms with van der Waals surface area (Å²) in [7, 11) is 0. The summed E-state index contributed by atoms with van der Waals surface area (Å²) in [4.78, 5) is 15.3. The molecule has 0 aromatic carbocycles. The second kappa shape index (κ2) is 4.96. The van der Waals surface area contributed by atoms with E-state index in [2.05, 4.69) is 10.3 Å². The highest BCUT2D eigenvalue weighted by Gasteiger charge is 2.52. The highest BCUT2D eigenvalue weighted by Crippen LogP contribution is 2.37. The average Bonchev–Trinajstić information content (AvgIpc) is 2.88. The number of hydrogen-bond acceptors (Lipinski definition) is 4. The Morgan fingerprint density at radius 3 is 2.81 bits per heavy atom. The van der Waals surface area contributed by atoms with E-state index in [-0.39, 0.29) is 29.7 Å². The van der Waals surface area contributed by atoms with Crippen molar-refractivity contribution < 1.29 is 22.7 Å². The van der Waals surface area contributed by atoms with Gasteiger partial charge in [0.1, 0.15) is 5.69 Å². The van der Waals surface area contributed by atoms with Crippen LogP contribution in [-0.2, 0) is 10.9 Å². The van der Waals surface area contributed by atoms with Gasteiger partial charge in [-0.15, -0.1) is 0 Å². The van der Waals surface area contributed by atoms with E-state index in [1.807, 2.05) is 0 Å². The molecule has 2 heterocycles. The summed E-state index contributed by atoms with van der Waals surface area (Å²) in [5.74, 6) is -0.244. The zero-order valence-corrected chi connectivity index (χ0v) is 10.9. The number of aromatic nitrogens is 1. The van der Waals surface area contributed by atoms with Crippen molar-refractivity contribution in [2.45, 2.75) is 30.8 Å². The van der Waals surface area contributed by atoms with E-state index < -0.39 is 17.8 Å². The molecular weight excluding hydrogens is 287 g/mol. The van der Waals surface area contributed by atoms with Gasteiger partial charge in [0.25, 0.3) is 5.91 Å². The number of alkyl halides is 3. The van der Waals surface area contributed by atoms with Crippen molar-refractivity contribution in [3.63, 3.8) is 0 Å². The molecule has 1 saturated heterocycles. The third-order valence-electron chi connectivity index (χ3n) is 4.06. The van der Waals surface area contributed by atoms with Crippen molar-refractivity contribution in [2.75, 3.05) is 6.61 Å². The van der Waals surface area contributed by atoms with Crippen molar-refractivity contribution in [2.24, 2.45) is 11.7 Å². The second-order valence-electron chi connectivity index (χ2n) is 5.29. The Hall–Kier alpha value is -1.67. The van der Waals surface area contributed by atoms with Gasteiger partial charge in [-0.3, -0.25) is 9.78 Å². The minimum atomic E-state index is -4.52. The Morgan fingerprint density at radius 1 is 1.43 bits per heavy atom. The number of nitrogens with two attached hydrogens (primary N) is 1. The lowest BCUT2D eigenvalue weighted by molar-refractivity contribution is -0.141. The molecule has 3 N–H and O–H groups in total. The molecule has 1 aliphatic heterocycles. The van der Waals surface area contributed by atoms with Crippen LogP contribution in [0.5, 0.6) is 0 Å². The van der Waals surface area contributed by atoms with Crippen LogP contribution >= 0.6 is 0 Å². The maximum absolute atomic E-state index is 12.4. The topological polar surface area (TPSA) is 77.2 Å². The van der Waals surface area contributed by atoms with Crippen molar-refractivity contribution in [1.29, 1.82) is 0 Å². The summed E-state index contributed by atoms with van der Waals surface area (Å²) in [5.41, 5.74) is 4.99. The molecule has 0 spiro atoms. The number of rotatable bonds is 2. The highest BCUT2D eigenvalue weighted by molar-refractivity contribution is 5.94. The van der Waals surface area contributed by atoms with Crippen LogP contribution in [0.15, 0.2) is 18.3 Å². The van der Waals surface area contributed by atoms with Gasteiger partial charge < -0.3 is 15.8 Å². The maximum Gasteiger partial charge on any atom is 0.433 e. The van der Waals surface area contributed by atoms with Crippen LogP contribution in [0, 0.1) is 5.92 Å². The number of pyridine rings is 1. The first-order chi connectivity index (χ1) is 9.88. The fraction of sp³-hybridized carbons (Fsp3) is 0.538. The summed E-state index contributed by atoms with van der Waals surface area (Å²) in [6.07, 6.45) is -2.82. The molecule has 1 amide bonds. The van der Waals surface area contributed by atoms with Gasteiger partial charge in [-0.25, -0.2) is 0 Å². The van der Waals surface area contributed by atoms with Gasteiger partial charge in [0.05, 0.1) is 17.7 Å². The Labute approximate surface area is 118 Å². The lowest BCUT2D eigenvalue weighted by Gasteiger charge is -2.45. The predicted octanol–water partition coefficient (Wildman–Crippen LogP) is 0.945. The molecule has 21 heavy (non-hydrogen) atoms. The fourth-order valence-corrected chi connectivity index (χ4v) is 2.86. The Kier molecular flexibility index (Phi) is 3.37. The summed E-state index contributed by atoms with van der Waals surface area (Å²) in [6.45, 7) is 0.622. The molecule has 5 nitrogen and oxygen atoms in total. The first kappa shape index (κ1) is 14.3. The van der Waals surface area contributed by atoms with Crippen LogP contribution in [-0.4, -0.2) is 35.7 Å². The monoisotopic (exact) mass is 301 g/mol. The van der Waals surface area contributed by atoms with E-state index in [4.69, 9.17) is 10.5 Å². The molecule has 4 unspecified atom stereocenters. The molecule has 1 saturated carbocycles. The minimum absolute atomic E-state index is 0.0663. The van der Waals surface area contributed by atoms with Crippen LogP contribution in [0.1, 0.15) is 22.5 Å². The predicted molar refractivity (Wildman–Crippen MR) is 66.3 cm³/mol. The molecule has 3 rings (SSSR count). The van der Waals surface area contributed by atoms with Gasteiger partial charge in [0.15, 0.2) is 0 Å². The number of halogens is 3. The zero-order valence-electron chi connectivity index (χ0n) is 10.9. The van der Waals surface area contributed by atoms with Crippen molar-refractivity contribution in [3.8, 4) is 0 Å². The van der Waals surface area contributed by atoms with Gasteiger partial charge >= 0.3 is 6.18 Å². The number of ether oxygens (including phenoxy) is 1. The third-order valence-corrected chi connectivity index (χ3v) is 4.06. The summed E-state index contributed by atoms with van der Waals surface area (Å²) in [5, 5.41) is 2.70. The number of nitrogens with zero attached hydrogens (tertiary/aromatic N) is 1. The van der Waals surface area contributed by atoms with E-state index in [1.54, 1.807) is 0 Å². The second-order valence-corrected chi connectivity index (χ2v) is 5.29. The number of amides is 1. The summed E-state index contributed by atoms with van der Waals surface area (Å²) in [6, 6.07) is 1.41. The number of carbonyl (C=O) groups is 1. The van der Waals surface area contributed by atoms with E-state index in [9.17, 15) is 18.0 Å². The van der Waals surface area contributed by atoms with Crippen LogP contribution in [0.2, 0.25) is 0 Å². The fourth-order valence-electron chi connectivity index (χ4n) is 2.86. The normalized spacial score (nSPS) is 31.4. The Balaban J connectivity index is 1.66. The molecule has 0 bridgehead atoms. The maximum atomic E-state index is 12.4. The van der Waals surface area contributed by atoms with Crippen LogP contribution in [0.3, 0.4) is 0 Å². The van der Waals surface area contributed by atoms with Gasteiger partial charge in [-0.05, 0) is 18.6 Å². The van der Waals surface area contributed by atoms with E-state index >= 15 is 0 Å². The molecule has 0 radical (unpaired) electrons. The molecule has 1 aliphatic carbocycles. The first-order valence-corrected chi connectivity index (χ1v) is 6.59. The van der Waals surface area contributed by atoms with E-state index in [1.165, 1.54) is 0 Å². The summed E-state index contributed by atoms with van der Waals surface area (Å²) < 4.78 is 42.7. The minimum Gasteiger partial charge on any atom is -0.376 e. The largest absolute Gasteiger partial charge is 0.433 e. The average molecular weight is 301 g/mol. The van der Waals surface area contributed by atoms with Gasteiger partial charge in [0.2, 0.25) is 0 Å². The zero-order chi connectivity index (χ0) is 15.2. The van der Waals surface area contributed by atoms with Gasteiger partial charge in [-0.2, -0.15) is 13.2 Å². The smallest absolute Gasteiger partial charge is 0.376 e. The lowest BCUT2D eigenvalue weighted by Crippen LogP contribution is -2.68. The summed E-state index contributed by atoms with van der Waals surface area (Å²) >= 11 is 0. The Morgan fingerprint density at radius 2 is 2.19 bits per heavy atom. The van der Waals surface area contributed by atoms with Gasteiger partial charge in [0, 0.05) is 24.8 Å². The lowest BCUT2D eigenvalue weighted by atomic mass is 9.72. The van der Waals surface area contributed by atoms with E-state index in [0.717, 1.165) is 24.8 Å². The number of carbonyl (C=O) groups excluding carboxylic acids is 1. The van der Waals surface area contributed by atoms with Crippen LogP contribution in [0.25, 0.3) is 0 Å². The van der Waals surface area contributed by atoms with Crippen molar-refractivity contribution in [3.05, 3.63) is 29.6 Å². The molecule has 8 heteroatoms. The molecular formula is C13H14F3N3O2. The highest BCUT2D eigenvalue weighted by atomic mass is 19.4. The van der Waals surface area contributed by atoms with Crippen molar-refractivity contribution in [1.82, 2.24) is 10.3 Å². The molecule has 1 aromatic rings. The molecule has 4 atom stereocenters. The standard InChI is InChI=1S/C13H14F3N3O2/c14-13(15,16)8-2-1-6(5-18-8)12(20)19-10-9(17)7-3-4-21-11(7)10/h1-2,5,7,9-11H,3-4,17H2,(H,19,20). The molecule has 2 fully saturated rings. The molecule has 114 valence electrons. The van der Waals surface area contributed by atoms with Crippen LogP contribution < -0.4 is 11.1 Å². The molecule has 1 aromatic heterocycles. The molecule has 2 aliphatic rings. The number of fused-ring (bicyclic) bond motifs is 1. The van der Waals surface area contributed by atoms with Crippen LogP contribution in [0.4, 0.5) is 13.2 Å². The van der Waals surface area contributed by atoms with E-state index in [0.29, 0.717) is 6.61 Å².